The fourth-order valence-electron chi connectivity index (χ4n) is 3.09. The summed E-state index contributed by atoms with van der Waals surface area (Å²) in [6.07, 6.45) is 0.409. The highest BCUT2D eigenvalue weighted by atomic mass is 16.5. The summed E-state index contributed by atoms with van der Waals surface area (Å²) in [5.74, 6) is -2.12. The number of imide groups is 1. The number of ketones is 1. The maximum Gasteiger partial charge on any atom is 0.314 e. The van der Waals surface area contributed by atoms with E-state index in [1.807, 2.05) is 0 Å². The summed E-state index contributed by atoms with van der Waals surface area (Å²) < 4.78 is 10.2. The van der Waals surface area contributed by atoms with Crippen molar-refractivity contribution >= 4 is 29.6 Å². The van der Waals surface area contributed by atoms with Crippen LogP contribution in [0.5, 0.6) is 5.75 Å². The van der Waals surface area contributed by atoms with Crippen LogP contribution in [-0.4, -0.2) is 41.7 Å². The van der Waals surface area contributed by atoms with E-state index in [1.165, 1.54) is 25.3 Å². The summed E-state index contributed by atoms with van der Waals surface area (Å²) in [6, 6.07) is 13.1. The van der Waals surface area contributed by atoms with E-state index in [0.717, 1.165) is 4.90 Å². The molecule has 0 radical (unpaired) electrons. The normalized spacial score (nSPS) is 13.5. The molecule has 7 nitrogen and oxygen atoms in total. The molecule has 2 aromatic rings. The minimum absolute atomic E-state index is 0.199. The number of fused-ring (bicyclic) bond motifs is 1. The Labute approximate surface area is 173 Å². The topological polar surface area (TPSA) is 90.0 Å². The molecular weight excluding hydrogens is 386 g/mol. The number of Topliss-reactive ketones (excluding diaryl/α,β-unsaturated/α-hetero) is 1. The summed E-state index contributed by atoms with van der Waals surface area (Å²) in [5, 5.41) is 0. The van der Waals surface area contributed by atoms with Crippen molar-refractivity contribution < 1.29 is 28.7 Å². The van der Waals surface area contributed by atoms with Crippen molar-refractivity contribution in [1.82, 2.24) is 4.90 Å². The summed E-state index contributed by atoms with van der Waals surface area (Å²) >= 11 is 0. The first-order valence-electron chi connectivity index (χ1n) is 9.38. The van der Waals surface area contributed by atoms with Crippen molar-refractivity contribution in [2.24, 2.45) is 0 Å². The summed E-state index contributed by atoms with van der Waals surface area (Å²) in [7, 11) is 1.50. The smallest absolute Gasteiger partial charge is 0.314 e. The fraction of sp³-hybridized carbons (Fsp3) is 0.217. The average Bonchev–Trinajstić information content (AvgIpc) is 2.96. The monoisotopic (exact) mass is 407 g/mol. The molecule has 0 bridgehead atoms. The van der Waals surface area contributed by atoms with Crippen molar-refractivity contribution in [1.29, 1.82) is 0 Å². The predicted octanol–water partition coefficient (Wildman–Crippen LogP) is 3.24. The first-order valence-corrected chi connectivity index (χ1v) is 9.38. The zero-order valence-corrected chi connectivity index (χ0v) is 16.9. The zero-order valence-electron chi connectivity index (χ0n) is 16.9. The van der Waals surface area contributed by atoms with E-state index < -0.39 is 36.1 Å². The van der Waals surface area contributed by atoms with Crippen molar-refractivity contribution in [2.45, 2.75) is 26.4 Å². The highest BCUT2D eigenvalue weighted by molar-refractivity contribution is 6.26. The minimum atomic E-state index is -0.733. The lowest BCUT2D eigenvalue weighted by Gasteiger charge is -2.17. The number of hydrogen-bond donors (Lipinski definition) is 0. The molecule has 0 atom stereocenters. The van der Waals surface area contributed by atoms with Crippen LogP contribution >= 0.6 is 0 Å². The highest BCUT2D eigenvalue weighted by Gasteiger charge is 2.40. The Balaban J connectivity index is 2.03. The van der Waals surface area contributed by atoms with Gasteiger partial charge in [-0.2, -0.15) is 0 Å². The number of benzene rings is 2. The number of esters is 1. The summed E-state index contributed by atoms with van der Waals surface area (Å²) in [5.41, 5.74) is 0.745. The molecule has 0 aliphatic carbocycles. The molecule has 0 N–H and O–H groups in total. The van der Waals surface area contributed by atoms with Crippen LogP contribution in [0, 0.1) is 0 Å². The van der Waals surface area contributed by atoms with Gasteiger partial charge in [-0.25, -0.2) is 4.90 Å². The number of methoxy groups -OCH3 is 1. The highest BCUT2D eigenvalue weighted by Crippen LogP contribution is 2.28. The van der Waals surface area contributed by atoms with Gasteiger partial charge in [0.2, 0.25) is 0 Å². The van der Waals surface area contributed by atoms with E-state index >= 15 is 0 Å². The Kier molecular flexibility index (Phi) is 6.11. The van der Waals surface area contributed by atoms with Gasteiger partial charge in [0, 0.05) is 0 Å². The zero-order chi connectivity index (χ0) is 21.8. The Morgan fingerprint density at radius 2 is 1.63 bits per heavy atom. The molecule has 1 heterocycles. The van der Waals surface area contributed by atoms with Crippen LogP contribution in [0.1, 0.15) is 46.5 Å². The Morgan fingerprint density at radius 3 is 2.20 bits per heavy atom. The molecular formula is C23H21NO6. The van der Waals surface area contributed by atoms with E-state index in [9.17, 15) is 19.2 Å². The van der Waals surface area contributed by atoms with Crippen molar-refractivity contribution in [3.8, 4) is 5.75 Å². The third-order valence-electron chi connectivity index (χ3n) is 4.39. The molecule has 2 amide bonds. The van der Waals surface area contributed by atoms with Crippen LogP contribution in [0.4, 0.5) is 0 Å². The number of rotatable bonds is 7. The molecule has 0 aromatic heterocycles. The van der Waals surface area contributed by atoms with Gasteiger partial charge in [-0.15, -0.1) is 0 Å². The van der Waals surface area contributed by atoms with Crippen LogP contribution in [-0.2, 0) is 14.3 Å². The lowest BCUT2D eigenvalue weighted by Crippen LogP contribution is -2.34. The van der Waals surface area contributed by atoms with Crippen molar-refractivity contribution in [3.63, 3.8) is 0 Å². The molecule has 1 aliphatic heterocycles. The number of carbonyl (C=O) groups is 4. The first kappa shape index (κ1) is 21.0. The Morgan fingerprint density at radius 1 is 1.00 bits per heavy atom. The molecule has 0 fully saturated rings. The molecule has 3 rings (SSSR count). The second-order valence-electron chi connectivity index (χ2n) is 6.94. The van der Waals surface area contributed by atoms with Crippen LogP contribution in [0.3, 0.4) is 0 Å². The van der Waals surface area contributed by atoms with Crippen LogP contribution < -0.4 is 4.74 Å². The maximum atomic E-state index is 13.0. The molecule has 1 aliphatic rings. The maximum absolute atomic E-state index is 13.0. The van der Waals surface area contributed by atoms with E-state index in [-0.39, 0.29) is 16.8 Å². The average molecular weight is 407 g/mol. The first-order chi connectivity index (χ1) is 14.3. The fourth-order valence-corrected chi connectivity index (χ4v) is 3.09. The van der Waals surface area contributed by atoms with E-state index in [1.54, 1.807) is 50.2 Å². The van der Waals surface area contributed by atoms with E-state index in [4.69, 9.17) is 9.47 Å². The Bertz CT molecular complexity index is 1020. The largest absolute Gasteiger partial charge is 0.497 e. The number of allylic oxidation sites excluding steroid dienone is 1. The van der Waals surface area contributed by atoms with Crippen molar-refractivity contribution in [2.75, 3.05) is 7.11 Å². The predicted molar refractivity (Wildman–Crippen MR) is 109 cm³/mol. The molecule has 0 spiro atoms. The second kappa shape index (κ2) is 8.73. The second-order valence-corrected chi connectivity index (χ2v) is 6.94. The van der Waals surface area contributed by atoms with E-state index in [0.29, 0.717) is 11.3 Å². The van der Waals surface area contributed by atoms with Crippen molar-refractivity contribution in [3.05, 3.63) is 70.9 Å². The Hall–Kier alpha value is -3.74. The van der Waals surface area contributed by atoms with Gasteiger partial charge in [0.05, 0.1) is 30.0 Å². The van der Waals surface area contributed by atoms with Crippen LogP contribution in [0.15, 0.2) is 54.2 Å². The molecule has 154 valence electrons. The van der Waals surface area contributed by atoms with Crippen LogP contribution in [0.25, 0.3) is 6.08 Å². The van der Waals surface area contributed by atoms with Gasteiger partial charge in [0.15, 0.2) is 5.78 Å². The molecule has 2 aromatic carbocycles. The summed E-state index contributed by atoms with van der Waals surface area (Å²) in [4.78, 5) is 51.6. The molecule has 0 unspecified atom stereocenters. The quantitative estimate of drug-likeness (QED) is 0.303. The standard InChI is InChI=1S/C23H21NO6/c1-14(2)30-21(26)13-20(25)19(12-15-7-6-8-16(11-15)29-3)24-22(27)17-9-4-5-10-18(17)23(24)28/h4-12,14H,13H2,1-3H3. The number of ether oxygens (including phenoxy) is 2. The van der Waals surface area contributed by atoms with Crippen LogP contribution in [0.2, 0.25) is 0 Å². The minimum Gasteiger partial charge on any atom is -0.497 e. The van der Waals surface area contributed by atoms with Gasteiger partial charge in [-0.1, -0.05) is 24.3 Å². The lowest BCUT2D eigenvalue weighted by molar-refractivity contribution is -0.149. The van der Waals surface area contributed by atoms with Gasteiger partial charge >= 0.3 is 5.97 Å². The van der Waals surface area contributed by atoms with E-state index in [2.05, 4.69) is 0 Å². The number of hydrogen-bond acceptors (Lipinski definition) is 6. The number of amides is 2. The summed E-state index contributed by atoms with van der Waals surface area (Å²) in [6.45, 7) is 3.33. The van der Waals surface area contributed by atoms with Gasteiger partial charge in [0.25, 0.3) is 11.8 Å². The van der Waals surface area contributed by atoms with Gasteiger partial charge in [-0.3, -0.25) is 19.2 Å². The number of carbonyl (C=O) groups excluding carboxylic acids is 4. The third kappa shape index (κ3) is 4.30. The van der Waals surface area contributed by atoms with Gasteiger partial charge in [-0.05, 0) is 49.8 Å². The lowest BCUT2D eigenvalue weighted by atomic mass is 10.1. The third-order valence-corrected chi connectivity index (χ3v) is 4.39. The molecule has 0 saturated heterocycles. The number of nitrogens with zero attached hydrogens (tertiary/aromatic N) is 1. The van der Waals surface area contributed by atoms with Gasteiger partial charge < -0.3 is 9.47 Å². The molecule has 0 saturated carbocycles. The SMILES string of the molecule is COc1cccc(C=C(C(=O)CC(=O)OC(C)C)N2C(=O)c3ccccc3C2=O)c1. The molecule has 7 heteroatoms. The van der Waals surface area contributed by atoms with Gasteiger partial charge in [0.1, 0.15) is 12.2 Å². The molecule has 30 heavy (non-hydrogen) atoms.